The van der Waals surface area contributed by atoms with E-state index >= 15 is 0 Å². The Morgan fingerprint density at radius 2 is 1.71 bits per heavy atom. The van der Waals surface area contributed by atoms with Gasteiger partial charge in [-0.15, -0.1) is 5.10 Å². The van der Waals surface area contributed by atoms with E-state index in [4.69, 9.17) is 14.2 Å². The van der Waals surface area contributed by atoms with Gasteiger partial charge >= 0.3 is 0 Å². The van der Waals surface area contributed by atoms with Crippen LogP contribution in [0.15, 0.2) is 48.7 Å². The molecule has 1 heterocycles. The van der Waals surface area contributed by atoms with Crippen molar-refractivity contribution in [1.82, 2.24) is 15.2 Å². The number of nitrogens with one attached hydrogen (secondary N) is 2. The largest absolute Gasteiger partial charge is 0.497 e. The van der Waals surface area contributed by atoms with Crippen LogP contribution in [0.1, 0.15) is 13.8 Å². The number of anilines is 4. The Morgan fingerprint density at radius 1 is 0.893 bits per heavy atom. The first-order valence-corrected chi connectivity index (χ1v) is 8.80. The zero-order chi connectivity index (χ0) is 19.9. The summed E-state index contributed by atoms with van der Waals surface area (Å²) in [5.74, 6) is 2.92. The number of hydrogen-bond donors (Lipinski definition) is 2. The van der Waals surface area contributed by atoms with Gasteiger partial charge in [0.2, 0.25) is 5.95 Å². The monoisotopic (exact) mass is 381 g/mol. The summed E-state index contributed by atoms with van der Waals surface area (Å²) in [5, 5.41) is 14.4. The van der Waals surface area contributed by atoms with Gasteiger partial charge in [0.1, 0.15) is 17.2 Å². The van der Waals surface area contributed by atoms with Gasteiger partial charge in [0.25, 0.3) is 0 Å². The molecule has 8 nitrogen and oxygen atoms in total. The van der Waals surface area contributed by atoms with Gasteiger partial charge in [0.05, 0.1) is 37.9 Å². The number of aromatic nitrogens is 3. The van der Waals surface area contributed by atoms with E-state index in [0.29, 0.717) is 34.7 Å². The minimum absolute atomic E-state index is 0.0514. The van der Waals surface area contributed by atoms with Gasteiger partial charge in [-0.05, 0) is 38.1 Å². The van der Waals surface area contributed by atoms with Crippen LogP contribution in [0.3, 0.4) is 0 Å². The first-order valence-electron chi connectivity index (χ1n) is 8.80. The molecule has 0 fully saturated rings. The van der Waals surface area contributed by atoms with Crippen molar-refractivity contribution in [3.05, 3.63) is 48.7 Å². The molecule has 0 unspecified atom stereocenters. The topological polar surface area (TPSA) is 90.4 Å². The summed E-state index contributed by atoms with van der Waals surface area (Å²) in [4.78, 5) is 4.47. The van der Waals surface area contributed by atoms with Crippen LogP contribution >= 0.6 is 0 Å². The summed E-state index contributed by atoms with van der Waals surface area (Å²) >= 11 is 0. The van der Waals surface area contributed by atoms with E-state index in [1.165, 1.54) is 6.20 Å². The van der Waals surface area contributed by atoms with Gasteiger partial charge in [-0.3, -0.25) is 0 Å². The first kappa shape index (κ1) is 19.2. The molecule has 0 atom stereocenters. The molecular weight excluding hydrogens is 358 g/mol. The molecule has 0 aliphatic heterocycles. The van der Waals surface area contributed by atoms with E-state index < -0.39 is 0 Å². The van der Waals surface area contributed by atoms with E-state index in [1.807, 2.05) is 56.3 Å². The number of ether oxygens (including phenoxy) is 3. The van der Waals surface area contributed by atoms with Gasteiger partial charge in [0.15, 0.2) is 5.82 Å². The van der Waals surface area contributed by atoms with Crippen molar-refractivity contribution in [2.24, 2.45) is 0 Å². The van der Waals surface area contributed by atoms with Crippen LogP contribution in [-0.4, -0.2) is 35.5 Å². The Bertz CT molecular complexity index is 933. The summed E-state index contributed by atoms with van der Waals surface area (Å²) in [7, 11) is 3.21. The molecule has 0 saturated heterocycles. The quantitative estimate of drug-likeness (QED) is 0.601. The molecule has 3 aromatic rings. The maximum atomic E-state index is 5.81. The Hall–Kier alpha value is -3.55. The normalized spacial score (nSPS) is 10.5. The molecule has 0 bridgehead atoms. The SMILES string of the molecule is COc1ccc(OC)c(Nc2cnnc(Nc3ccccc3OC(C)C)n2)c1. The predicted molar refractivity (Wildman–Crippen MR) is 108 cm³/mol. The number of methoxy groups -OCH3 is 2. The van der Waals surface area contributed by atoms with Crippen molar-refractivity contribution in [2.75, 3.05) is 24.9 Å². The molecule has 0 radical (unpaired) electrons. The molecule has 0 aliphatic carbocycles. The molecule has 0 amide bonds. The molecule has 28 heavy (non-hydrogen) atoms. The second-order valence-corrected chi connectivity index (χ2v) is 6.14. The van der Waals surface area contributed by atoms with Crippen molar-refractivity contribution >= 4 is 23.1 Å². The zero-order valence-electron chi connectivity index (χ0n) is 16.3. The third kappa shape index (κ3) is 4.79. The Balaban J connectivity index is 1.82. The number of rotatable bonds is 8. The maximum absolute atomic E-state index is 5.81. The number of benzene rings is 2. The Morgan fingerprint density at radius 3 is 2.46 bits per heavy atom. The molecular formula is C20H23N5O3. The number of hydrogen-bond acceptors (Lipinski definition) is 8. The van der Waals surface area contributed by atoms with Crippen LogP contribution in [0, 0.1) is 0 Å². The highest BCUT2D eigenvalue weighted by Gasteiger charge is 2.10. The standard InChI is InChI=1S/C20H23N5O3/c1-13(2)28-18-8-6-5-7-15(18)23-20-24-19(12-21-25-20)22-16-11-14(26-3)9-10-17(16)27-4/h5-13H,1-4H3,(H2,22,23,24,25). The van der Waals surface area contributed by atoms with Gasteiger partial charge in [-0.2, -0.15) is 10.1 Å². The average Bonchev–Trinajstić information content (AvgIpc) is 2.69. The van der Waals surface area contributed by atoms with Crippen molar-refractivity contribution < 1.29 is 14.2 Å². The lowest BCUT2D eigenvalue weighted by Crippen LogP contribution is -2.08. The van der Waals surface area contributed by atoms with E-state index in [-0.39, 0.29) is 6.10 Å². The van der Waals surface area contributed by atoms with Crippen LogP contribution in [0.5, 0.6) is 17.2 Å². The van der Waals surface area contributed by atoms with Crippen LogP contribution in [0.2, 0.25) is 0 Å². The number of para-hydroxylation sites is 2. The molecule has 2 aromatic carbocycles. The van der Waals surface area contributed by atoms with Gasteiger partial charge in [-0.1, -0.05) is 12.1 Å². The van der Waals surface area contributed by atoms with Crippen molar-refractivity contribution in [3.8, 4) is 17.2 Å². The van der Waals surface area contributed by atoms with Crippen molar-refractivity contribution in [3.63, 3.8) is 0 Å². The second kappa shape index (κ2) is 8.90. The highest BCUT2D eigenvalue weighted by molar-refractivity contribution is 5.67. The fourth-order valence-corrected chi connectivity index (χ4v) is 2.51. The summed E-state index contributed by atoms with van der Waals surface area (Å²) < 4.78 is 16.5. The zero-order valence-corrected chi connectivity index (χ0v) is 16.3. The van der Waals surface area contributed by atoms with E-state index in [2.05, 4.69) is 25.8 Å². The maximum Gasteiger partial charge on any atom is 0.249 e. The third-order valence-corrected chi connectivity index (χ3v) is 3.72. The second-order valence-electron chi connectivity index (χ2n) is 6.14. The Labute approximate surface area is 163 Å². The van der Waals surface area contributed by atoms with Crippen molar-refractivity contribution in [1.29, 1.82) is 0 Å². The van der Waals surface area contributed by atoms with Gasteiger partial charge < -0.3 is 24.8 Å². The average molecular weight is 381 g/mol. The third-order valence-electron chi connectivity index (χ3n) is 3.72. The predicted octanol–water partition coefficient (Wildman–Crippen LogP) is 4.16. The van der Waals surface area contributed by atoms with Crippen LogP contribution in [0.25, 0.3) is 0 Å². The molecule has 0 aliphatic rings. The fraction of sp³-hybridized carbons (Fsp3) is 0.250. The van der Waals surface area contributed by atoms with E-state index in [0.717, 1.165) is 5.69 Å². The van der Waals surface area contributed by atoms with Gasteiger partial charge in [-0.25, -0.2) is 0 Å². The highest BCUT2D eigenvalue weighted by Crippen LogP contribution is 2.31. The molecule has 146 valence electrons. The molecule has 0 saturated carbocycles. The molecule has 0 spiro atoms. The Kier molecular flexibility index (Phi) is 6.11. The first-order chi connectivity index (χ1) is 13.6. The minimum atomic E-state index is 0.0514. The molecule has 3 rings (SSSR count). The lowest BCUT2D eigenvalue weighted by molar-refractivity contribution is 0.244. The summed E-state index contributed by atoms with van der Waals surface area (Å²) in [5.41, 5.74) is 1.46. The fourth-order valence-electron chi connectivity index (χ4n) is 2.51. The van der Waals surface area contributed by atoms with E-state index in [1.54, 1.807) is 14.2 Å². The molecule has 8 heteroatoms. The minimum Gasteiger partial charge on any atom is -0.497 e. The van der Waals surface area contributed by atoms with Crippen molar-refractivity contribution in [2.45, 2.75) is 20.0 Å². The van der Waals surface area contributed by atoms with E-state index in [9.17, 15) is 0 Å². The van der Waals surface area contributed by atoms with Crippen LogP contribution in [-0.2, 0) is 0 Å². The lowest BCUT2D eigenvalue weighted by Gasteiger charge is -2.15. The summed E-state index contributed by atoms with van der Waals surface area (Å²) in [6.07, 6.45) is 1.58. The molecule has 2 N–H and O–H groups in total. The highest BCUT2D eigenvalue weighted by atomic mass is 16.5. The summed E-state index contributed by atoms with van der Waals surface area (Å²) in [6, 6.07) is 13.1. The lowest BCUT2D eigenvalue weighted by atomic mass is 10.2. The van der Waals surface area contributed by atoms with Gasteiger partial charge in [0, 0.05) is 6.07 Å². The molecule has 1 aromatic heterocycles. The summed E-state index contributed by atoms with van der Waals surface area (Å²) in [6.45, 7) is 3.95. The smallest absolute Gasteiger partial charge is 0.249 e. The van der Waals surface area contributed by atoms with Crippen LogP contribution in [0.4, 0.5) is 23.1 Å². The number of nitrogens with zero attached hydrogens (tertiary/aromatic N) is 3. The van der Waals surface area contributed by atoms with Crippen LogP contribution < -0.4 is 24.8 Å².